The fourth-order valence-electron chi connectivity index (χ4n) is 1.34. The zero-order chi connectivity index (χ0) is 15.1. The first-order valence-corrected chi connectivity index (χ1v) is 4.83. The molecule has 1 N–H and O–H groups in total. The van der Waals surface area contributed by atoms with Gasteiger partial charge >= 0.3 is 12.4 Å². The predicted octanol–water partition coefficient (Wildman–Crippen LogP) is 3.13. The van der Waals surface area contributed by atoms with Crippen molar-refractivity contribution in [3.8, 4) is 0 Å². The van der Waals surface area contributed by atoms with Gasteiger partial charge in [-0.2, -0.15) is 26.3 Å². The molecule has 0 radical (unpaired) electrons. The minimum atomic E-state index is -5.48. The molecule has 0 spiro atoms. The van der Waals surface area contributed by atoms with Crippen LogP contribution in [0.3, 0.4) is 0 Å². The van der Waals surface area contributed by atoms with Gasteiger partial charge in [-0.25, -0.2) is 4.39 Å². The summed E-state index contributed by atoms with van der Waals surface area (Å²) in [5, 5.41) is 9.18. The topological polar surface area (TPSA) is 33.1 Å². The van der Waals surface area contributed by atoms with E-state index in [0.717, 1.165) is 6.92 Å². The average Bonchev–Trinajstić information content (AvgIpc) is 2.25. The predicted molar refractivity (Wildman–Crippen MR) is 49.9 cm³/mol. The molecule has 1 heterocycles. The van der Waals surface area contributed by atoms with E-state index in [0.29, 0.717) is 6.20 Å². The van der Waals surface area contributed by atoms with Crippen molar-refractivity contribution in [3.05, 3.63) is 29.1 Å². The molecule has 0 fully saturated rings. The van der Waals surface area contributed by atoms with Crippen molar-refractivity contribution in [2.24, 2.45) is 0 Å². The smallest absolute Gasteiger partial charge is 0.373 e. The van der Waals surface area contributed by atoms with Crippen molar-refractivity contribution >= 4 is 0 Å². The van der Waals surface area contributed by atoms with Gasteiger partial charge < -0.3 is 5.11 Å². The second kappa shape index (κ2) is 4.62. The molecule has 1 rings (SSSR count). The number of hydrogen-bond acceptors (Lipinski definition) is 2. The lowest BCUT2D eigenvalue weighted by Gasteiger charge is -2.27. The van der Waals surface area contributed by atoms with E-state index in [1.54, 1.807) is 0 Å². The van der Waals surface area contributed by atoms with Crippen LogP contribution in [0.15, 0.2) is 12.3 Å². The maximum atomic E-state index is 12.5. The molecule has 1 aromatic heterocycles. The van der Waals surface area contributed by atoms with E-state index in [2.05, 4.69) is 4.98 Å². The maximum absolute atomic E-state index is 12.5. The van der Waals surface area contributed by atoms with Crippen molar-refractivity contribution in [2.75, 3.05) is 6.67 Å². The highest BCUT2D eigenvalue weighted by atomic mass is 19.4. The van der Waals surface area contributed by atoms with Gasteiger partial charge in [0.2, 0.25) is 5.60 Å². The molecule has 1 unspecified atom stereocenters. The van der Waals surface area contributed by atoms with E-state index in [4.69, 9.17) is 0 Å². The summed E-state index contributed by atoms with van der Waals surface area (Å²) in [6.07, 6.45) is -9.90. The van der Waals surface area contributed by atoms with Gasteiger partial charge in [-0.05, 0) is 18.6 Å². The molecule has 0 aliphatic carbocycles. The molecule has 0 aliphatic rings. The monoisotopic (exact) mass is 291 g/mol. The number of pyridine rings is 1. The lowest BCUT2D eigenvalue weighted by atomic mass is 9.97. The van der Waals surface area contributed by atoms with Crippen LogP contribution >= 0.6 is 0 Å². The molecule has 9 heteroatoms. The Labute approximate surface area is 102 Å². The highest BCUT2D eigenvalue weighted by Crippen LogP contribution is 2.40. The van der Waals surface area contributed by atoms with Crippen molar-refractivity contribution < 1.29 is 35.8 Å². The maximum Gasteiger partial charge on any atom is 0.425 e. The van der Waals surface area contributed by atoms with Crippen molar-refractivity contribution in [3.63, 3.8) is 0 Å². The summed E-state index contributed by atoms with van der Waals surface area (Å²) in [4.78, 5) is 3.05. The van der Waals surface area contributed by atoms with Crippen LogP contribution in [0.25, 0.3) is 0 Å². The molecular weight excluding hydrogens is 283 g/mol. The molecule has 0 aliphatic heterocycles. The number of rotatable bonds is 2. The highest BCUT2D eigenvalue weighted by Gasteiger charge is 2.57. The van der Waals surface area contributed by atoms with Crippen LogP contribution in [0.5, 0.6) is 0 Å². The van der Waals surface area contributed by atoms with Crippen LogP contribution < -0.4 is 0 Å². The Balaban J connectivity index is 3.45. The molecule has 2 nitrogen and oxygen atoms in total. The third-order valence-corrected chi connectivity index (χ3v) is 2.49. The molecule has 0 bridgehead atoms. The number of aliphatic hydroxyl groups is 1. The van der Waals surface area contributed by atoms with E-state index in [1.807, 2.05) is 0 Å². The molecule has 0 amide bonds. The van der Waals surface area contributed by atoms with Gasteiger partial charge in [-0.1, -0.05) is 0 Å². The molecule has 1 aromatic rings. The third kappa shape index (κ3) is 2.80. The lowest BCUT2D eigenvalue weighted by Crippen LogP contribution is -2.45. The number of aryl methyl sites for hydroxylation is 1. The van der Waals surface area contributed by atoms with Gasteiger partial charge in [0.1, 0.15) is 6.67 Å². The summed E-state index contributed by atoms with van der Waals surface area (Å²) in [5.74, 6) is 0. The Morgan fingerprint density at radius 1 is 1.16 bits per heavy atom. The van der Waals surface area contributed by atoms with Crippen molar-refractivity contribution in [2.45, 2.75) is 24.9 Å². The summed E-state index contributed by atoms with van der Waals surface area (Å²) >= 11 is 0. The summed E-state index contributed by atoms with van der Waals surface area (Å²) in [6.45, 7) is -1.34. The van der Waals surface area contributed by atoms with E-state index in [1.165, 1.54) is 0 Å². The second-order valence-electron chi connectivity index (χ2n) is 3.87. The molecular formula is C10H8F7NO. The number of alkyl halides is 7. The summed E-state index contributed by atoms with van der Waals surface area (Å²) in [7, 11) is 0. The van der Waals surface area contributed by atoms with Crippen LogP contribution in [0.1, 0.15) is 16.8 Å². The third-order valence-electron chi connectivity index (χ3n) is 2.49. The summed E-state index contributed by atoms with van der Waals surface area (Å²) < 4.78 is 87.6. The van der Waals surface area contributed by atoms with E-state index in [-0.39, 0.29) is 6.07 Å². The van der Waals surface area contributed by atoms with Crippen LogP contribution in [0.4, 0.5) is 30.7 Å². The Morgan fingerprint density at radius 3 is 2.05 bits per heavy atom. The van der Waals surface area contributed by atoms with E-state index < -0.39 is 41.4 Å². The Morgan fingerprint density at radius 2 is 1.68 bits per heavy atom. The van der Waals surface area contributed by atoms with Crippen molar-refractivity contribution in [1.82, 2.24) is 4.98 Å². The molecule has 0 saturated heterocycles. The van der Waals surface area contributed by atoms with Crippen LogP contribution in [0, 0.1) is 6.92 Å². The zero-order valence-corrected chi connectivity index (χ0v) is 9.40. The Bertz CT molecular complexity index is 468. The average molecular weight is 291 g/mol. The molecule has 19 heavy (non-hydrogen) atoms. The number of halogens is 7. The highest BCUT2D eigenvalue weighted by molar-refractivity contribution is 5.31. The van der Waals surface area contributed by atoms with Gasteiger partial charge in [-0.3, -0.25) is 4.98 Å². The summed E-state index contributed by atoms with van der Waals surface area (Å²) in [5.41, 5.74) is -7.32. The van der Waals surface area contributed by atoms with E-state index in [9.17, 15) is 35.8 Å². The Kier molecular flexibility index (Phi) is 3.81. The quantitative estimate of drug-likeness (QED) is 0.849. The van der Waals surface area contributed by atoms with Crippen molar-refractivity contribution in [1.29, 1.82) is 0 Å². The number of aromatic nitrogens is 1. The van der Waals surface area contributed by atoms with Gasteiger partial charge in [0.15, 0.2) is 0 Å². The first-order valence-electron chi connectivity index (χ1n) is 4.83. The molecule has 0 saturated carbocycles. The number of nitrogens with zero attached hydrogens (tertiary/aromatic N) is 1. The lowest BCUT2D eigenvalue weighted by molar-refractivity contribution is -0.272. The fraction of sp³-hybridized carbons (Fsp3) is 0.500. The molecule has 108 valence electrons. The van der Waals surface area contributed by atoms with Crippen LogP contribution in [0.2, 0.25) is 0 Å². The standard InChI is InChI=1S/C10H8F7NO/c1-5-3-18-7(2-6(5)9(12,13)14)8(19,4-11)10(15,16)17/h2-3,19H,4H2,1H3. The fourth-order valence-corrected chi connectivity index (χ4v) is 1.34. The van der Waals surface area contributed by atoms with Crippen LogP contribution in [-0.4, -0.2) is 22.9 Å². The minimum absolute atomic E-state index is 0.00238. The zero-order valence-electron chi connectivity index (χ0n) is 9.40. The van der Waals surface area contributed by atoms with Gasteiger partial charge in [-0.15, -0.1) is 0 Å². The number of hydrogen-bond donors (Lipinski definition) is 1. The first kappa shape index (κ1) is 15.7. The van der Waals surface area contributed by atoms with E-state index >= 15 is 0 Å². The first-order chi connectivity index (χ1) is 8.43. The van der Waals surface area contributed by atoms with Gasteiger partial charge in [0.05, 0.1) is 11.3 Å². The SMILES string of the molecule is Cc1cnc(C(O)(CF)C(F)(F)F)cc1C(F)(F)F. The van der Waals surface area contributed by atoms with Gasteiger partial charge in [0, 0.05) is 6.20 Å². The Hall–Kier alpha value is -1.38. The summed E-state index contributed by atoms with van der Waals surface area (Å²) in [6, 6.07) is 0.00238. The van der Waals surface area contributed by atoms with Crippen LogP contribution in [-0.2, 0) is 11.8 Å². The minimum Gasteiger partial charge on any atom is -0.373 e. The largest absolute Gasteiger partial charge is 0.425 e. The molecule has 1 atom stereocenters. The second-order valence-corrected chi connectivity index (χ2v) is 3.87. The van der Waals surface area contributed by atoms with Gasteiger partial charge in [0.25, 0.3) is 0 Å². The molecule has 0 aromatic carbocycles. The normalized spacial score (nSPS) is 16.3.